The highest BCUT2D eigenvalue weighted by molar-refractivity contribution is 6.31. The van der Waals surface area contributed by atoms with E-state index in [4.69, 9.17) is 25.8 Å². The lowest BCUT2D eigenvalue weighted by Crippen LogP contribution is -2.16. The summed E-state index contributed by atoms with van der Waals surface area (Å²) in [5, 5.41) is 3.79. The van der Waals surface area contributed by atoms with Crippen molar-refractivity contribution in [1.29, 1.82) is 0 Å². The minimum atomic E-state index is -0.363. The topological polar surface area (TPSA) is 39.7 Å². The molecule has 0 aliphatic carbocycles. The van der Waals surface area contributed by atoms with Crippen molar-refractivity contribution in [1.82, 2.24) is 5.32 Å². The Morgan fingerprint density at radius 2 is 1.63 bits per heavy atom. The van der Waals surface area contributed by atoms with Gasteiger partial charge in [-0.25, -0.2) is 4.39 Å². The predicted octanol–water partition coefficient (Wildman–Crippen LogP) is 5.41. The summed E-state index contributed by atoms with van der Waals surface area (Å²) in [7, 11) is 3.27. The average molecular weight is 430 g/mol. The molecule has 0 amide bonds. The van der Waals surface area contributed by atoms with Crippen molar-refractivity contribution in [3.05, 3.63) is 88.2 Å². The number of rotatable bonds is 10. The molecule has 1 N–H and O–H groups in total. The van der Waals surface area contributed by atoms with Gasteiger partial charge in [-0.05, 0) is 60.5 Å². The number of ether oxygens (including phenoxy) is 3. The van der Waals surface area contributed by atoms with E-state index in [1.807, 2.05) is 42.5 Å². The van der Waals surface area contributed by atoms with Gasteiger partial charge in [-0.1, -0.05) is 35.9 Å². The first kappa shape index (κ1) is 21.9. The maximum atomic E-state index is 13.8. The molecule has 0 spiro atoms. The van der Waals surface area contributed by atoms with Crippen LogP contribution >= 0.6 is 11.6 Å². The fraction of sp³-hybridized carbons (Fsp3) is 0.250. The predicted molar refractivity (Wildman–Crippen MR) is 117 cm³/mol. The maximum absolute atomic E-state index is 13.8. The van der Waals surface area contributed by atoms with Crippen LogP contribution in [0, 0.1) is 5.82 Å². The first-order valence-electron chi connectivity index (χ1n) is 9.67. The normalized spacial score (nSPS) is 10.7. The second-order valence-corrected chi connectivity index (χ2v) is 7.16. The first-order chi connectivity index (χ1) is 14.6. The molecule has 0 heterocycles. The second-order valence-electron chi connectivity index (χ2n) is 6.75. The van der Waals surface area contributed by atoms with Gasteiger partial charge in [0.25, 0.3) is 0 Å². The highest BCUT2D eigenvalue weighted by Crippen LogP contribution is 2.27. The Labute approximate surface area is 181 Å². The van der Waals surface area contributed by atoms with Crippen LogP contribution in [-0.2, 0) is 19.6 Å². The molecule has 0 unspecified atom stereocenters. The Morgan fingerprint density at radius 3 is 2.33 bits per heavy atom. The molecule has 158 valence electrons. The third kappa shape index (κ3) is 5.88. The summed E-state index contributed by atoms with van der Waals surface area (Å²) in [4.78, 5) is 0. The molecule has 3 aromatic rings. The van der Waals surface area contributed by atoms with Gasteiger partial charge < -0.3 is 19.5 Å². The molecule has 30 heavy (non-hydrogen) atoms. The van der Waals surface area contributed by atoms with Crippen molar-refractivity contribution in [3.63, 3.8) is 0 Å². The molecule has 0 aliphatic heterocycles. The molecule has 6 heteroatoms. The van der Waals surface area contributed by atoms with Crippen LogP contribution in [0.25, 0.3) is 0 Å². The zero-order valence-corrected chi connectivity index (χ0v) is 17.8. The third-order valence-corrected chi connectivity index (χ3v) is 5.09. The number of nitrogens with one attached hydrogen (secondary N) is 1. The molecule has 0 atom stereocenters. The van der Waals surface area contributed by atoms with Gasteiger partial charge >= 0.3 is 0 Å². The van der Waals surface area contributed by atoms with Crippen LogP contribution in [0.3, 0.4) is 0 Å². The molecule has 3 rings (SSSR count). The fourth-order valence-corrected chi connectivity index (χ4v) is 3.25. The fourth-order valence-electron chi connectivity index (χ4n) is 3.03. The molecule has 3 aromatic carbocycles. The van der Waals surface area contributed by atoms with Gasteiger partial charge in [0.15, 0.2) is 11.5 Å². The van der Waals surface area contributed by atoms with E-state index in [0.717, 1.165) is 36.6 Å². The van der Waals surface area contributed by atoms with E-state index in [1.54, 1.807) is 26.4 Å². The Balaban J connectivity index is 1.45. The lowest BCUT2D eigenvalue weighted by molar-refractivity contribution is 0.300. The van der Waals surface area contributed by atoms with E-state index in [0.29, 0.717) is 16.3 Å². The Kier molecular flexibility index (Phi) is 7.94. The van der Waals surface area contributed by atoms with E-state index in [1.165, 1.54) is 11.6 Å². The van der Waals surface area contributed by atoms with Crippen LogP contribution in [0.2, 0.25) is 5.02 Å². The summed E-state index contributed by atoms with van der Waals surface area (Å²) in [6.07, 6.45) is 0.880. The molecule has 0 aliphatic rings. The maximum Gasteiger partial charge on any atom is 0.160 e. The monoisotopic (exact) mass is 429 g/mol. The van der Waals surface area contributed by atoms with Crippen molar-refractivity contribution in [2.24, 2.45) is 0 Å². The van der Waals surface area contributed by atoms with Crippen LogP contribution in [-0.4, -0.2) is 20.8 Å². The summed E-state index contributed by atoms with van der Waals surface area (Å²) in [6, 6.07) is 18.3. The molecule has 0 bridgehead atoms. The molecule has 0 fully saturated rings. The second kappa shape index (κ2) is 10.9. The van der Waals surface area contributed by atoms with E-state index in [-0.39, 0.29) is 12.4 Å². The van der Waals surface area contributed by atoms with Gasteiger partial charge in [-0.15, -0.1) is 0 Å². The van der Waals surface area contributed by atoms with Crippen LogP contribution in [0.1, 0.15) is 16.7 Å². The highest BCUT2D eigenvalue weighted by Gasteiger charge is 2.08. The SMILES string of the molecule is COc1ccc(CCNCc2ccc(OCc3c(F)cccc3Cl)cc2)cc1OC. The number of benzene rings is 3. The lowest BCUT2D eigenvalue weighted by Gasteiger charge is -2.11. The number of methoxy groups -OCH3 is 2. The Hall–Kier alpha value is -2.76. The highest BCUT2D eigenvalue weighted by atomic mass is 35.5. The van der Waals surface area contributed by atoms with E-state index in [9.17, 15) is 4.39 Å². The molecule has 0 saturated heterocycles. The van der Waals surface area contributed by atoms with E-state index < -0.39 is 0 Å². The smallest absolute Gasteiger partial charge is 0.160 e. The Morgan fingerprint density at radius 1 is 0.900 bits per heavy atom. The standard InChI is InChI=1S/C24H25ClFNO3/c1-28-23-11-8-17(14-24(23)29-2)12-13-27-15-18-6-9-19(10-7-18)30-16-20-21(25)4-3-5-22(20)26/h3-11,14,27H,12-13,15-16H2,1-2H3. The van der Waals surface area contributed by atoms with E-state index >= 15 is 0 Å². The van der Waals surface area contributed by atoms with Crippen molar-refractivity contribution in [2.75, 3.05) is 20.8 Å². The zero-order chi connectivity index (χ0) is 21.3. The average Bonchev–Trinajstić information content (AvgIpc) is 2.77. The molecular formula is C24H25ClFNO3. The van der Waals surface area contributed by atoms with Gasteiger partial charge in [0.05, 0.1) is 19.2 Å². The quantitative estimate of drug-likeness (QED) is 0.437. The molecule has 0 radical (unpaired) electrons. The summed E-state index contributed by atoms with van der Waals surface area (Å²) in [5.41, 5.74) is 2.68. The summed E-state index contributed by atoms with van der Waals surface area (Å²) >= 11 is 6.03. The number of hydrogen-bond acceptors (Lipinski definition) is 4. The van der Waals surface area contributed by atoms with Crippen molar-refractivity contribution in [3.8, 4) is 17.2 Å². The third-order valence-electron chi connectivity index (χ3n) is 4.74. The van der Waals surface area contributed by atoms with Crippen molar-refractivity contribution >= 4 is 11.6 Å². The Bertz CT molecular complexity index is 943. The van der Waals surface area contributed by atoms with E-state index in [2.05, 4.69) is 5.32 Å². The lowest BCUT2D eigenvalue weighted by atomic mass is 10.1. The number of hydrogen-bond donors (Lipinski definition) is 1. The van der Waals surface area contributed by atoms with Gasteiger partial charge in [-0.2, -0.15) is 0 Å². The molecule has 4 nitrogen and oxygen atoms in total. The summed E-state index contributed by atoms with van der Waals surface area (Å²) in [5.74, 6) is 1.78. The van der Waals surface area contributed by atoms with Crippen molar-refractivity contribution in [2.45, 2.75) is 19.6 Å². The molecule has 0 aromatic heterocycles. The molecule has 0 saturated carbocycles. The largest absolute Gasteiger partial charge is 0.493 e. The summed E-state index contributed by atoms with van der Waals surface area (Å²) < 4.78 is 30.1. The first-order valence-corrected chi connectivity index (χ1v) is 10.0. The van der Waals surface area contributed by atoms with Gasteiger partial charge in [0.1, 0.15) is 18.2 Å². The van der Waals surface area contributed by atoms with Crippen LogP contribution in [0.5, 0.6) is 17.2 Å². The number of halogens is 2. The zero-order valence-electron chi connectivity index (χ0n) is 17.1. The van der Waals surface area contributed by atoms with Gasteiger partial charge in [0, 0.05) is 12.1 Å². The molecular weight excluding hydrogens is 405 g/mol. The van der Waals surface area contributed by atoms with Crippen LogP contribution < -0.4 is 19.5 Å². The van der Waals surface area contributed by atoms with Crippen LogP contribution in [0.15, 0.2) is 60.7 Å². The van der Waals surface area contributed by atoms with Gasteiger partial charge in [0.2, 0.25) is 0 Å². The summed E-state index contributed by atoms with van der Waals surface area (Å²) in [6.45, 7) is 1.67. The van der Waals surface area contributed by atoms with Gasteiger partial charge in [-0.3, -0.25) is 0 Å². The van der Waals surface area contributed by atoms with Crippen LogP contribution in [0.4, 0.5) is 4.39 Å². The minimum Gasteiger partial charge on any atom is -0.493 e. The minimum absolute atomic E-state index is 0.0917. The van der Waals surface area contributed by atoms with Crippen molar-refractivity contribution < 1.29 is 18.6 Å².